The van der Waals surface area contributed by atoms with Crippen LogP contribution in [0.4, 0.5) is 0 Å². The van der Waals surface area contributed by atoms with Crippen LogP contribution in [0, 0.1) is 0 Å². The molecule has 0 fully saturated rings. The second kappa shape index (κ2) is 6.17. The van der Waals surface area contributed by atoms with Gasteiger partial charge in [0, 0.05) is 17.1 Å². The van der Waals surface area contributed by atoms with Gasteiger partial charge in [-0.15, -0.1) is 0 Å². The van der Waals surface area contributed by atoms with E-state index in [2.05, 4.69) is 33.4 Å². The average Bonchev–Trinajstić information content (AvgIpc) is 2.15. The van der Waals surface area contributed by atoms with Gasteiger partial charge in [0.2, 0.25) is 0 Å². The lowest BCUT2D eigenvalue weighted by Gasteiger charge is -2.08. The van der Waals surface area contributed by atoms with Gasteiger partial charge >= 0.3 is 0 Å². The van der Waals surface area contributed by atoms with Crippen LogP contribution in [0.1, 0.15) is 18.9 Å². The second-order valence-electron chi connectivity index (χ2n) is 3.53. The van der Waals surface area contributed by atoms with E-state index in [0.29, 0.717) is 0 Å². The highest BCUT2D eigenvalue weighted by Crippen LogP contribution is 2.15. The van der Waals surface area contributed by atoms with Crippen molar-refractivity contribution in [2.24, 2.45) is 5.73 Å². The van der Waals surface area contributed by atoms with Gasteiger partial charge in [0.15, 0.2) is 0 Å². The minimum Gasteiger partial charge on any atom is -0.328 e. The Hall–Kier alpha value is -0.380. The van der Waals surface area contributed by atoms with Gasteiger partial charge in [0.25, 0.3) is 0 Å². The van der Waals surface area contributed by atoms with Crippen molar-refractivity contribution in [1.82, 2.24) is 5.32 Å². The minimum absolute atomic E-state index is 0.279. The molecule has 1 rings (SSSR count). The Bertz CT molecular complexity index is 274. The Morgan fingerprint density at radius 2 is 2.14 bits per heavy atom. The normalized spacial score (nSPS) is 12.8. The molecule has 0 aliphatic rings. The van der Waals surface area contributed by atoms with Gasteiger partial charge in [-0.05, 0) is 31.5 Å². The van der Waals surface area contributed by atoms with Gasteiger partial charge in [-0.3, -0.25) is 0 Å². The van der Waals surface area contributed by atoms with Crippen molar-refractivity contribution in [3.05, 3.63) is 34.3 Å². The molecule has 1 aromatic carbocycles. The molecule has 0 radical (unpaired) electrons. The van der Waals surface area contributed by atoms with E-state index in [4.69, 9.17) is 5.73 Å². The Kier molecular flexibility index (Phi) is 5.15. The van der Waals surface area contributed by atoms with Gasteiger partial charge in [-0.25, -0.2) is 0 Å². The first-order valence-electron chi connectivity index (χ1n) is 4.90. The van der Waals surface area contributed by atoms with E-state index < -0.39 is 0 Å². The lowest BCUT2D eigenvalue weighted by atomic mass is 10.2. The van der Waals surface area contributed by atoms with E-state index in [1.807, 2.05) is 19.1 Å². The zero-order chi connectivity index (χ0) is 10.4. The van der Waals surface area contributed by atoms with Gasteiger partial charge in [0.1, 0.15) is 0 Å². The molecular formula is C11H17BrN2. The van der Waals surface area contributed by atoms with Gasteiger partial charge in [-0.2, -0.15) is 0 Å². The standard InChI is InChI=1S/C11H17BrN2/c1-9(13)6-7-14-8-10-4-2-3-5-11(10)12/h2-5,9,14H,6-8,13H2,1H3. The predicted molar refractivity (Wildman–Crippen MR) is 64.1 cm³/mol. The summed E-state index contributed by atoms with van der Waals surface area (Å²) < 4.78 is 1.16. The summed E-state index contributed by atoms with van der Waals surface area (Å²) in [5.74, 6) is 0. The molecule has 0 saturated carbocycles. The number of benzene rings is 1. The maximum Gasteiger partial charge on any atom is 0.0220 e. The van der Waals surface area contributed by atoms with Crippen molar-refractivity contribution in [3.8, 4) is 0 Å². The topological polar surface area (TPSA) is 38.0 Å². The van der Waals surface area contributed by atoms with Crippen LogP contribution in [0.25, 0.3) is 0 Å². The molecule has 0 spiro atoms. The van der Waals surface area contributed by atoms with Crippen molar-refractivity contribution in [2.75, 3.05) is 6.54 Å². The third-order valence-electron chi connectivity index (χ3n) is 2.05. The molecule has 2 nitrogen and oxygen atoms in total. The molecule has 0 aliphatic heterocycles. The molecule has 0 aromatic heterocycles. The maximum absolute atomic E-state index is 5.65. The smallest absolute Gasteiger partial charge is 0.0220 e. The maximum atomic E-state index is 5.65. The largest absolute Gasteiger partial charge is 0.328 e. The molecule has 1 atom stereocenters. The summed E-state index contributed by atoms with van der Waals surface area (Å²) in [6.07, 6.45) is 1.02. The molecule has 0 saturated heterocycles. The van der Waals surface area contributed by atoms with Crippen molar-refractivity contribution in [3.63, 3.8) is 0 Å². The van der Waals surface area contributed by atoms with E-state index in [9.17, 15) is 0 Å². The summed E-state index contributed by atoms with van der Waals surface area (Å²) in [4.78, 5) is 0. The molecule has 1 aromatic rings. The summed E-state index contributed by atoms with van der Waals surface area (Å²) in [7, 11) is 0. The molecule has 78 valence electrons. The van der Waals surface area contributed by atoms with Crippen LogP contribution < -0.4 is 11.1 Å². The molecule has 3 N–H and O–H groups in total. The summed E-state index contributed by atoms with van der Waals surface area (Å²) in [6, 6.07) is 8.52. The van der Waals surface area contributed by atoms with E-state index >= 15 is 0 Å². The Labute approximate surface area is 94.0 Å². The van der Waals surface area contributed by atoms with Crippen LogP contribution in [0.5, 0.6) is 0 Å². The molecular weight excluding hydrogens is 240 g/mol. The van der Waals surface area contributed by atoms with Crippen LogP contribution in [-0.2, 0) is 6.54 Å². The number of hydrogen-bond donors (Lipinski definition) is 2. The summed E-state index contributed by atoms with van der Waals surface area (Å²) in [6.45, 7) is 3.90. The third-order valence-corrected chi connectivity index (χ3v) is 2.82. The number of rotatable bonds is 5. The first kappa shape index (κ1) is 11.7. The van der Waals surface area contributed by atoms with E-state index in [0.717, 1.165) is 24.0 Å². The summed E-state index contributed by atoms with van der Waals surface area (Å²) in [5.41, 5.74) is 6.94. The first-order chi connectivity index (χ1) is 6.70. The van der Waals surface area contributed by atoms with Crippen LogP contribution >= 0.6 is 15.9 Å². The number of nitrogens with two attached hydrogens (primary N) is 1. The van der Waals surface area contributed by atoms with E-state index in [1.54, 1.807) is 0 Å². The summed E-state index contributed by atoms with van der Waals surface area (Å²) >= 11 is 3.51. The average molecular weight is 257 g/mol. The van der Waals surface area contributed by atoms with Crippen molar-refractivity contribution >= 4 is 15.9 Å². The van der Waals surface area contributed by atoms with Crippen LogP contribution in [-0.4, -0.2) is 12.6 Å². The molecule has 3 heteroatoms. The summed E-state index contributed by atoms with van der Waals surface area (Å²) in [5, 5.41) is 3.36. The number of hydrogen-bond acceptors (Lipinski definition) is 2. The first-order valence-corrected chi connectivity index (χ1v) is 5.69. The van der Waals surface area contributed by atoms with Gasteiger partial charge in [0.05, 0.1) is 0 Å². The zero-order valence-corrected chi connectivity index (χ0v) is 10.0. The molecule has 14 heavy (non-hydrogen) atoms. The second-order valence-corrected chi connectivity index (χ2v) is 4.39. The van der Waals surface area contributed by atoms with Gasteiger partial charge in [-0.1, -0.05) is 34.1 Å². The fraction of sp³-hybridized carbons (Fsp3) is 0.455. The SMILES string of the molecule is CC(N)CCNCc1ccccc1Br. The van der Waals surface area contributed by atoms with E-state index in [1.165, 1.54) is 5.56 Å². The Morgan fingerprint density at radius 3 is 2.79 bits per heavy atom. The molecule has 0 bridgehead atoms. The molecule has 0 aliphatic carbocycles. The van der Waals surface area contributed by atoms with Crippen LogP contribution in [0.15, 0.2) is 28.7 Å². The fourth-order valence-corrected chi connectivity index (χ4v) is 1.62. The highest BCUT2D eigenvalue weighted by molar-refractivity contribution is 9.10. The highest BCUT2D eigenvalue weighted by atomic mass is 79.9. The van der Waals surface area contributed by atoms with Crippen LogP contribution in [0.3, 0.4) is 0 Å². The predicted octanol–water partition coefficient (Wildman–Crippen LogP) is 2.28. The van der Waals surface area contributed by atoms with Crippen LogP contribution in [0.2, 0.25) is 0 Å². The minimum atomic E-state index is 0.279. The van der Waals surface area contributed by atoms with Crippen molar-refractivity contribution in [2.45, 2.75) is 25.9 Å². The Balaban J connectivity index is 2.28. The number of halogens is 1. The highest BCUT2D eigenvalue weighted by Gasteiger charge is 1.98. The zero-order valence-electron chi connectivity index (χ0n) is 8.46. The van der Waals surface area contributed by atoms with Crippen molar-refractivity contribution < 1.29 is 0 Å². The molecule has 0 amide bonds. The molecule has 0 heterocycles. The quantitative estimate of drug-likeness (QED) is 0.794. The monoisotopic (exact) mass is 256 g/mol. The Morgan fingerprint density at radius 1 is 1.43 bits per heavy atom. The third kappa shape index (κ3) is 4.22. The number of nitrogens with one attached hydrogen (secondary N) is 1. The van der Waals surface area contributed by atoms with Gasteiger partial charge < -0.3 is 11.1 Å². The van der Waals surface area contributed by atoms with E-state index in [-0.39, 0.29) is 6.04 Å². The van der Waals surface area contributed by atoms with Crippen molar-refractivity contribution in [1.29, 1.82) is 0 Å². The lowest BCUT2D eigenvalue weighted by Crippen LogP contribution is -2.23. The molecule has 1 unspecified atom stereocenters. The lowest BCUT2D eigenvalue weighted by molar-refractivity contribution is 0.588. The fourth-order valence-electron chi connectivity index (χ4n) is 1.19.